The van der Waals surface area contributed by atoms with E-state index in [0.29, 0.717) is 36.3 Å². The van der Waals surface area contributed by atoms with Gasteiger partial charge in [0, 0.05) is 11.1 Å². The summed E-state index contributed by atoms with van der Waals surface area (Å²) in [6, 6.07) is 12.9. The van der Waals surface area contributed by atoms with Gasteiger partial charge >= 0.3 is 0 Å². The highest BCUT2D eigenvalue weighted by Gasteiger charge is 2.32. The second-order valence-corrected chi connectivity index (χ2v) is 9.19. The van der Waals surface area contributed by atoms with Crippen molar-refractivity contribution in [1.82, 2.24) is 0 Å². The van der Waals surface area contributed by atoms with Gasteiger partial charge in [-0.1, -0.05) is 24.3 Å². The molecule has 184 valence electrons. The third-order valence-corrected chi connectivity index (χ3v) is 7.03. The van der Waals surface area contributed by atoms with Crippen LogP contribution in [0.5, 0.6) is 11.5 Å². The van der Waals surface area contributed by atoms with E-state index in [4.69, 9.17) is 14.2 Å². The summed E-state index contributed by atoms with van der Waals surface area (Å²) in [4.78, 5) is 0. The summed E-state index contributed by atoms with van der Waals surface area (Å²) in [6.45, 7) is 0.662. The lowest BCUT2D eigenvalue weighted by Gasteiger charge is -2.29. The molecule has 0 N–H and O–H groups in total. The minimum atomic E-state index is -1.02. The normalized spacial score (nSPS) is 21.6. The van der Waals surface area contributed by atoms with Crippen LogP contribution in [0, 0.1) is 29.2 Å². The molecule has 1 unspecified atom stereocenters. The lowest BCUT2D eigenvalue weighted by atomic mass is 9.78. The molecule has 3 aromatic rings. The third-order valence-electron chi connectivity index (χ3n) is 7.03. The Labute approximate surface area is 201 Å². The number of benzene rings is 3. The largest absolute Gasteiger partial charge is 0.497 e. The Morgan fingerprint density at radius 1 is 0.771 bits per heavy atom. The van der Waals surface area contributed by atoms with Crippen molar-refractivity contribution in [3.05, 3.63) is 82.9 Å². The van der Waals surface area contributed by atoms with Gasteiger partial charge in [-0.05, 0) is 72.9 Å². The van der Waals surface area contributed by atoms with Gasteiger partial charge in [0.05, 0.1) is 20.3 Å². The van der Waals surface area contributed by atoms with Gasteiger partial charge in [-0.3, -0.25) is 0 Å². The van der Waals surface area contributed by atoms with E-state index in [-0.39, 0.29) is 41.4 Å². The molecule has 3 aromatic carbocycles. The molecule has 0 amide bonds. The highest BCUT2D eigenvalue weighted by atomic mass is 19.2. The number of methoxy groups -OCH3 is 1. The molecule has 1 aliphatic carbocycles. The van der Waals surface area contributed by atoms with Crippen LogP contribution in [-0.2, 0) is 4.74 Å². The summed E-state index contributed by atoms with van der Waals surface area (Å²) in [5, 5.41) is 0. The number of rotatable bonds is 7. The first kappa shape index (κ1) is 23.7. The van der Waals surface area contributed by atoms with Gasteiger partial charge < -0.3 is 14.2 Å². The molecule has 0 aromatic heterocycles. The summed E-state index contributed by atoms with van der Waals surface area (Å²) in [7, 11) is 1.54. The fraction of sp³-hybridized carbons (Fsp3) is 0.357. The molecule has 1 saturated carbocycles. The molecule has 1 heterocycles. The van der Waals surface area contributed by atoms with Crippen LogP contribution in [0.25, 0.3) is 11.1 Å². The molecule has 0 spiro atoms. The molecule has 0 radical (unpaired) electrons. The van der Waals surface area contributed by atoms with E-state index in [0.717, 1.165) is 12.8 Å². The number of ether oxygens (including phenoxy) is 3. The summed E-state index contributed by atoms with van der Waals surface area (Å²) >= 11 is 0. The molecule has 2 aliphatic rings. The van der Waals surface area contributed by atoms with Crippen molar-refractivity contribution in [3.8, 4) is 22.6 Å². The average molecular weight is 487 g/mol. The molecule has 1 aliphatic heterocycles. The van der Waals surface area contributed by atoms with E-state index >= 15 is 0 Å². The smallest absolute Gasteiger partial charge is 0.201 e. The van der Waals surface area contributed by atoms with Crippen LogP contribution in [0.1, 0.15) is 48.8 Å². The van der Waals surface area contributed by atoms with E-state index in [9.17, 15) is 17.6 Å². The second-order valence-electron chi connectivity index (χ2n) is 9.19. The topological polar surface area (TPSA) is 31.0 Å². The molecular weight excluding hydrogens is 460 g/mol. The standard InChI is InChI=1S/C28H26F4O3/c1-33-19-8-6-18(7-9-19)21-12-13-23(28(32)26(21)30)34-14-16-2-4-17(5-3-16)20-10-11-22(24-15-35-24)27(31)25(20)29/h6-13,16-17,24H,2-5,14-15H2,1H3. The quantitative estimate of drug-likeness (QED) is 0.259. The summed E-state index contributed by atoms with van der Waals surface area (Å²) < 4.78 is 74.3. The Morgan fingerprint density at radius 3 is 2.09 bits per heavy atom. The SMILES string of the molecule is COc1ccc(-c2ccc(OCC3CCC(c4ccc(C5CO5)c(F)c4F)CC3)c(F)c2F)cc1. The molecule has 35 heavy (non-hydrogen) atoms. The third kappa shape index (κ3) is 4.87. The molecule has 3 nitrogen and oxygen atoms in total. The summed E-state index contributed by atoms with van der Waals surface area (Å²) in [5.41, 5.74) is 1.36. The van der Waals surface area contributed by atoms with E-state index in [1.165, 1.54) is 19.2 Å². The molecule has 5 rings (SSSR count). The van der Waals surface area contributed by atoms with Gasteiger partial charge in [0.15, 0.2) is 23.2 Å². The lowest BCUT2D eigenvalue weighted by Crippen LogP contribution is -2.20. The van der Waals surface area contributed by atoms with Crippen molar-refractivity contribution in [3.63, 3.8) is 0 Å². The predicted molar refractivity (Wildman–Crippen MR) is 124 cm³/mol. The fourth-order valence-corrected chi connectivity index (χ4v) is 4.86. The summed E-state index contributed by atoms with van der Waals surface area (Å²) in [5.74, 6) is -3.04. The monoisotopic (exact) mass is 486 g/mol. The van der Waals surface area contributed by atoms with Crippen LogP contribution in [0.2, 0.25) is 0 Å². The highest BCUT2D eigenvalue weighted by molar-refractivity contribution is 5.66. The van der Waals surface area contributed by atoms with Crippen LogP contribution in [0.4, 0.5) is 17.6 Å². The van der Waals surface area contributed by atoms with Crippen LogP contribution in [0.15, 0.2) is 48.5 Å². The first-order valence-electron chi connectivity index (χ1n) is 11.8. The van der Waals surface area contributed by atoms with Crippen LogP contribution in [0.3, 0.4) is 0 Å². The Bertz CT molecular complexity index is 1200. The average Bonchev–Trinajstić information content (AvgIpc) is 3.72. The van der Waals surface area contributed by atoms with Crippen molar-refractivity contribution in [1.29, 1.82) is 0 Å². The minimum Gasteiger partial charge on any atom is -0.497 e. The number of hydrogen-bond acceptors (Lipinski definition) is 3. The Hall–Kier alpha value is -3.06. The van der Waals surface area contributed by atoms with Gasteiger partial charge in [-0.15, -0.1) is 0 Å². The number of epoxide rings is 1. The van der Waals surface area contributed by atoms with E-state index in [1.807, 2.05) is 0 Å². The molecule has 1 saturated heterocycles. The zero-order valence-electron chi connectivity index (χ0n) is 19.3. The second kappa shape index (κ2) is 9.90. The van der Waals surface area contributed by atoms with E-state index in [2.05, 4.69) is 0 Å². The molecule has 7 heteroatoms. The van der Waals surface area contributed by atoms with Crippen molar-refractivity contribution < 1.29 is 31.8 Å². The Morgan fingerprint density at radius 2 is 1.43 bits per heavy atom. The zero-order valence-corrected chi connectivity index (χ0v) is 19.3. The lowest BCUT2D eigenvalue weighted by molar-refractivity contribution is 0.192. The van der Waals surface area contributed by atoms with Crippen LogP contribution < -0.4 is 9.47 Å². The van der Waals surface area contributed by atoms with Crippen molar-refractivity contribution in [2.75, 3.05) is 20.3 Å². The maximum atomic E-state index is 14.7. The van der Waals surface area contributed by atoms with Crippen LogP contribution in [-0.4, -0.2) is 20.3 Å². The van der Waals surface area contributed by atoms with Crippen molar-refractivity contribution in [2.24, 2.45) is 5.92 Å². The Balaban J connectivity index is 1.19. The van der Waals surface area contributed by atoms with Gasteiger partial charge in [0.2, 0.25) is 5.82 Å². The van der Waals surface area contributed by atoms with Gasteiger partial charge in [0.1, 0.15) is 11.9 Å². The summed E-state index contributed by atoms with van der Waals surface area (Å²) in [6.07, 6.45) is 2.48. The van der Waals surface area contributed by atoms with Crippen LogP contribution >= 0.6 is 0 Å². The predicted octanol–water partition coefficient (Wildman–Crippen LogP) is 7.34. The first-order valence-corrected chi connectivity index (χ1v) is 11.8. The highest BCUT2D eigenvalue weighted by Crippen LogP contribution is 2.40. The molecular formula is C28H26F4O3. The molecule has 1 atom stereocenters. The molecule has 0 bridgehead atoms. The zero-order chi connectivity index (χ0) is 24.5. The maximum absolute atomic E-state index is 14.7. The van der Waals surface area contributed by atoms with Crippen molar-refractivity contribution in [2.45, 2.75) is 37.7 Å². The fourth-order valence-electron chi connectivity index (χ4n) is 4.86. The molecule has 2 fully saturated rings. The van der Waals surface area contributed by atoms with E-state index < -0.39 is 23.3 Å². The minimum absolute atomic E-state index is 0.0760. The Kier molecular flexibility index (Phi) is 6.69. The first-order chi connectivity index (χ1) is 17.0. The van der Waals surface area contributed by atoms with Gasteiger partial charge in [-0.2, -0.15) is 4.39 Å². The maximum Gasteiger partial charge on any atom is 0.201 e. The number of hydrogen-bond donors (Lipinski definition) is 0. The van der Waals surface area contributed by atoms with Gasteiger partial charge in [-0.25, -0.2) is 13.2 Å². The van der Waals surface area contributed by atoms with Gasteiger partial charge in [0.25, 0.3) is 0 Å². The van der Waals surface area contributed by atoms with E-state index in [1.54, 1.807) is 36.4 Å². The number of halogens is 4. The van der Waals surface area contributed by atoms with Crippen molar-refractivity contribution >= 4 is 0 Å².